The number of nitrogen functional groups attached to an aromatic ring is 1. The molecule has 2 rings (SSSR count). The van der Waals surface area contributed by atoms with E-state index in [0.29, 0.717) is 16.6 Å². The van der Waals surface area contributed by atoms with Crippen LogP contribution >= 0.6 is 0 Å². The van der Waals surface area contributed by atoms with Crippen molar-refractivity contribution in [1.82, 2.24) is 9.71 Å². The molecule has 0 fully saturated rings. The van der Waals surface area contributed by atoms with Gasteiger partial charge in [-0.1, -0.05) is 5.92 Å². The van der Waals surface area contributed by atoms with Gasteiger partial charge in [-0.05, 0) is 31.2 Å². The van der Waals surface area contributed by atoms with E-state index in [4.69, 9.17) is 12.2 Å². The van der Waals surface area contributed by atoms with Crippen LogP contribution in [0.3, 0.4) is 0 Å². The predicted molar refractivity (Wildman–Crippen MR) is 74.8 cm³/mol. The van der Waals surface area contributed by atoms with Crippen LogP contribution in [-0.2, 0) is 10.0 Å². The second kappa shape index (κ2) is 4.88. The molecule has 0 radical (unpaired) electrons. The number of hydrogen-bond acceptors (Lipinski definition) is 4. The van der Waals surface area contributed by atoms with Gasteiger partial charge in [-0.25, -0.2) is 8.42 Å². The maximum Gasteiger partial charge on any atom is 0.243 e. The zero-order chi connectivity index (χ0) is 14.0. The molecule has 1 atom stereocenters. The summed E-state index contributed by atoms with van der Waals surface area (Å²) in [5.41, 5.74) is 6.62. The summed E-state index contributed by atoms with van der Waals surface area (Å²) >= 11 is 0. The highest BCUT2D eigenvalue weighted by molar-refractivity contribution is 7.89. The third-order valence-electron chi connectivity index (χ3n) is 2.64. The summed E-state index contributed by atoms with van der Waals surface area (Å²) in [6.07, 6.45) is 6.70. The summed E-state index contributed by atoms with van der Waals surface area (Å²) < 4.78 is 26.9. The number of anilines is 1. The van der Waals surface area contributed by atoms with Gasteiger partial charge in [-0.15, -0.1) is 6.42 Å². The van der Waals surface area contributed by atoms with Crippen LogP contribution in [0.1, 0.15) is 6.92 Å². The number of pyridine rings is 1. The molecule has 98 valence electrons. The Morgan fingerprint density at radius 1 is 1.42 bits per heavy atom. The summed E-state index contributed by atoms with van der Waals surface area (Å²) in [6, 6.07) is 5.80. The lowest BCUT2D eigenvalue weighted by Crippen LogP contribution is -2.31. The molecule has 3 N–H and O–H groups in total. The Morgan fingerprint density at radius 3 is 2.84 bits per heavy atom. The fraction of sp³-hybridized carbons (Fsp3) is 0.154. The van der Waals surface area contributed by atoms with Gasteiger partial charge in [0, 0.05) is 17.3 Å². The Labute approximate surface area is 111 Å². The van der Waals surface area contributed by atoms with Crippen LogP contribution in [-0.4, -0.2) is 19.4 Å². The average molecular weight is 275 g/mol. The summed E-state index contributed by atoms with van der Waals surface area (Å²) in [6.45, 7) is 1.59. The van der Waals surface area contributed by atoms with E-state index in [1.807, 2.05) is 0 Å². The molecule has 1 unspecified atom stereocenters. The normalized spacial score (nSPS) is 13.1. The molecule has 0 aliphatic rings. The van der Waals surface area contributed by atoms with Gasteiger partial charge in [0.2, 0.25) is 10.0 Å². The first kappa shape index (κ1) is 13.3. The van der Waals surface area contributed by atoms with Crippen LogP contribution < -0.4 is 10.5 Å². The first-order valence-corrected chi connectivity index (χ1v) is 7.05. The molecule has 1 aromatic heterocycles. The standard InChI is InChI=1S/C13H13N3O2S/c1-3-9(2)16-19(17,18)12-7-6-11(14)10-5-4-8-15-13(10)12/h1,4-9,16H,14H2,2H3. The number of rotatable bonds is 3. The second-order valence-corrected chi connectivity index (χ2v) is 5.74. The molecule has 0 aliphatic carbocycles. The molecule has 1 heterocycles. The summed E-state index contributed by atoms with van der Waals surface area (Å²) in [5.74, 6) is 2.31. The summed E-state index contributed by atoms with van der Waals surface area (Å²) in [5, 5.41) is 0.596. The zero-order valence-corrected chi connectivity index (χ0v) is 11.1. The zero-order valence-electron chi connectivity index (χ0n) is 10.3. The van der Waals surface area contributed by atoms with E-state index in [1.165, 1.54) is 12.3 Å². The fourth-order valence-electron chi connectivity index (χ4n) is 1.72. The lowest BCUT2D eigenvalue weighted by atomic mass is 10.2. The van der Waals surface area contributed by atoms with Crippen molar-refractivity contribution < 1.29 is 8.42 Å². The Kier molecular flexibility index (Phi) is 3.42. The van der Waals surface area contributed by atoms with Crippen molar-refractivity contribution in [3.05, 3.63) is 30.5 Å². The molecule has 19 heavy (non-hydrogen) atoms. The molecule has 0 saturated carbocycles. The van der Waals surface area contributed by atoms with Crippen LogP contribution in [0.15, 0.2) is 35.4 Å². The Hall–Kier alpha value is -2.10. The number of sulfonamides is 1. The van der Waals surface area contributed by atoms with Crippen molar-refractivity contribution in [3.8, 4) is 12.3 Å². The van der Waals surface area contributed by atoms with Crippen molar-refractivity contribution in [2.24, 2.45) is 0 Å². The largest absolute Gasteiger partial charge is 0.398 e. The van der Waals surface area contributed by atoms with Gasteiger partial charge in [0.1, 0.15) is 4.90 Å². The second-order valence-electron chi connectivity index (χ2n) is 4.06. The highest BCUT2D eigenvalue weighted by atomic mass is 32.2. The van der Waals surface area contributed by atoms with E-state index in [9.17, 15) is 8.42 Å². The molecule has 0 spiro atoms. The van der Waals surface area contributed by atoms with Gasteiger partial charge in [0.05, 0.1) is 11.6 Å². The summed E-state index contributed by atoms with van der Waals surface area (Å²) in [7, 11) is -3.73. The number of fused-ring (bicyclic) bond motifs is 1. The SMILES string of the molecule is C#CC(C)NS(=O)(=O)c1ccc(N)c2cccnc12. The molecular weight excluding hydrogens is 262 g/mol. The van der Waals surface area contributed by atoms with Gasteiger partial charge in [0.25, 0.3) is 0 Å². The smallest absolute Gasteiger partial charge is 0.243 e. The maximum atomic E-state index is 12.2. The molecule has 0 amide bonds. The number of hydrogen-bond donors (Lipinski definition) is 2. The lowest BCUT2D eigenvalue weighted by molar-refractivity contribution is 0.578. The van der Waals surface area contributed by atoms with Crippen molar-refractivity contribution in [1.29, 1.82) is 0 Å². The quantitative estimate of drug-likeness (QED) is 0.649. The monoisotopic (exact) mass is 275 g/mol. The topological polar surface area (TPSA) is 85.1 Å². The fourth-order valence-corrected chi connectivity index (χ4v) is 3.04. The van der Waals surface area contributed by atoms with Gasteiger partial charge < -0.3 is 5.73 Å². The van der Waals surface area contributed by atoms with Gasteiger partial charge in [-0.2, -0.15) is 4.72 Å². The van der Waals surface area contributed by atoms with Crippen LogP contribution in [0, 0.1) is 12.3 Å². The van der Waals surface area contributed by atoms with Crippen molar-refractivity contribution in [3.63, 3.8) is 0 Å². The molecule has 2 aromatic rings. The molecule has 6 heteroatoms. The van der Waals surface area contributed by atoms with Crippen molar-refractivity contribution in [2.45, 2.75) is 17.9 Å². The number of terminal acetylenes is 1. The summed E-state index contributed by atoms with van der Waals surface area (Å²) in [4.78, 5) is 4.16. The van der Waals surface area contributed by atoms with E-state index in [2.05, 4.69) is 15.6 Å². The lowest BCUT2D eigenvalue weighted by Gasteiger charge is -2.11. The van der Waals surface area contributed by atoms with Crippen molar-refractivity contribution >= 4 is 26.6 Å². The molecule has 0 saturated heterocycles. The molecule has 0 aliphatic heterocycles. The Balaban J connectivity index is 2.65. The maximum absolute atomic E-state index is 12.2. The third-order valence-corrected chi connectivity index (χ3v) is 4.21. The van der Waals surface area contributed by atoms with E-state index in [1.54, 1.807) is 25.1 Å². The van der Waals surface area contributed by atoms with E-state index in [0.717, 1.165) is 0 Å². The van der Waals surface area contributed by atoms with E-state index in [-0.39, 0.29) is 4.90 Å². The van der Waals surface area contributed by atoms with E-state index >= 15 is 0 Å². The van der Waals surface area contributed by atoms with Crippen LogP contribution in [0.25, 0.3) is 10.9 Å². The highest BCUT2D eigenvalue weighted by Gasteiger charge is 2.20. The average Bonchev–Trinajstić information content (AvgIpc) is 2.38. The number of benzene rings is 1. The number of nitrogens with two attached hydrogens (primary N) is 1. The van der Waals surface area contributed by atoms with Gasteiger partial charge in [-0.3, -0.25) is 4.98 Å². The first-order valence-electron chi connectivity index (χ1n) is 5.57. The minimum atomic E-state index is -3.73. The minimum Gasteiger partial charge on any atom is -0.398 e. The third kappa shape index (κ3) is 2.52. The van der Waals surface area contributed by atoms with Crippen LogP contribution in [0.2, 0.25) is 0 Å². The Bertz CT molecular complexity index is 763. The van der Waals surface area contributed by atoms with E-state index < -0.39 is 16.1 Å². The predicted octanol–water partition coefficient (Wildman–Crippen LogP) is 1.12. The van der Waals surface area contributed by atoms with Crippen LogP contribution in [0.4, 0.5) is 5.69 Å². The molecule has 0 bridgehead atoms. The highest BCUT2D eigenvalue weighted by Crippen LogP contribution is 2.25. The molecular formula is C13H13N3O2S. The van der Waals surface area contributed by atoms with Crippen molar-refractivity contribution in [2.75, 3.05) is 5.73 Å². The number of nitrogens with zero attached hydrogens (tertiary/aromatic N) is 1. The Morgan fingerprint density at radius 2 is 2.16 bits per heavy atom. The molecule has 1 aromatic carbocycles. The van der Waals surface area contributed by atoms with Gasteiger partial charge in [0.15, 0.2) is 0 Å². The number of aromatic nitrogens is 1. The first-order chi connectivity index (χ1) is 8.95. The van der Waals surface area contributed by atoms with Gasteiger partial charge >= 0.3 is 0 Å². The molecule has 5 nitrogen and oxygen atoms in total. The minimum absolute atomic E-state index is 0.0689. The number of nitrogens with one attached hydrogen (secondary N) is 1. The van der Waals surface area contributed by atoms with Crippen LogP contribution in [0.5, 0.6) is 0 Å².